The highest BCUT2D eigenvalue weighted by Crippen LogP contribution is 2.28. The highest BCUT2D eigenvalue weighted by Gasteiger charge is 2.26. The number of thiazole rings is 1. The second kappa shape index (κ2) is 5.51. The lowest BCUT2D eigenvalue weighted by atomic mass is 10.1. The number of nitrogen functional groups attached to an aromatic ring is 1. The molecule has 2 aromatic rings. The van der Waals surface area contributed by atoms with E-state index in [4.69, 9.17) is 5.73 Å². The normalized spacial score (nSPS) is 12.0. The maximum atomic E-state index is 12.5. The van der Waals surface area contributed by atoms with Gasteiger partial charge in [-0.3, -0.25) is 0 Å². The summed E-state index contributed by atoms with van der Waals surface area (Å²) in [7, 11) is -1.99. The predicted molar refractivity (Wildman–Crippen MR) is 81.1 cm³/mol. The van der Waals surface area contributed by atoms with Crippen LogP contribution in [-0.4, -0.2) is 24.8 Å². The molecular formula is C13H17N3O2S2. The Bertz CT molecular complexity index is 723. The average Bonchev–Trinajstić information content (AvgIpc) is 2.69. The zero-order valence-electron chi connectivity index (χ0n) is 11.6. The molecule has 1 heterocycles. The van der Waals surface area contributed by atoms with Crippen LogP contribution in [0.5, 0.6) is 0 Å². The first-order chi connectivity index (χ1) is 9.30. The molecule has 0 aliphatic rings. The van der Waals surface area contributed by atoms with E-state index in [0.29, 0.717) is 12.2 Å². The van der Waals surface area contributed by atoms with Crippen molar-refractivity contribution in [2.75, 3.05) is 12.8 Å². The molecule has 1 aromatic carbocycles. The van der Waals surface area contributed by atoms with Crippen molar-refractivity contribution in [1.29, 1.82) is 0 Å². The van der Waals surface area contributed by atoms with E-state index in [-0.39, 0.29) is 9.34 Å². The van der Waals surface area contributed by atoms with Crippen LogP contribution in [-0.2, 0) is 16.6 Å². The maximum absolute atomic E-state index is 12.5. The second-order valence-corrected chi connectivity index (χ2v) is 7.95. The second-order valence-electron chi connectivity index (χ2n) is 4.68. The van der Waals surface area contributed by atoms with E-state index in [1.54, 1.807) is 14.0 Å². The van der Waals surface area contributed by atoms with Crippen LogP contribution in [0, 0.1) is 13.8 Å². The zero-order chi connectivity index (χ0) is 14.9. The third-order valence-corrected chi connectivity index (χ3v) is 6.28. The predicted octanol–water partition coefficient (Wildman–Crippen LogP) is 2.16. The number of anilines is 1. The molecule has 7 heteroatoms. The van der Waals surface area contributed by atoms with Gasteiger partial charge in [-0.1, -0.05) is 41.2 Å². The van der Waals surface area contributed by atoms with Crippen LogP contribution in [0.4, 0.5) is 5.13 Å². The van der Waals surface area contributed by atoms with E-state index in [9.17, 15) is 8.42 Å². The summed E-state index contributed by atoms with van der Waals surface area (Å²) in [4.78, 5) is 3.97. The maximum Gasteiger partial charge on any atom is 0.254 e. The summed E-state index contributed by atoms with van der Waals surface area (Å²) in [6, 6.07) is 7.78. The SMILES string of the molecule is Cc1cccc(CN(C)S(=O)(=O)c2sc(N)nc2C)c1. The zero-order valence-corrected chi connectivity index (χ0v) is 13.3. The van der Waals surface area contributed by atoms with Gasteiger partial charge in [-0.15, -0.1) is 0 Å². The van der Waals surface area contributed by atoms with Crippen molar-refractivity contribution in [3.05, 3.63) is 41.1 Å². The Balaban J connectivity index is 2.28. The molecule has 0 spiro atoms. The number of aryl methyl sites for hydroxylation is 2. The quantitative estimate of drug-likeness (QED) is 0.939. The Labute approximate surface area is 123 Å². The Morgan fingerprint density at radius 3 is 2.60 bits per heavy atom. The first-order valence-corrected chi connectivity index (χ1v) is 8.31. The molecule has 0 bridgehead atoms. The largest absolute Gasteiger partial charge is 0.375 e. The molecule has 108 valence electrons. The Morgan fingerprint density at radius 2 is 2.05 bits per heavy atom. The molecule has 0 atom stereocenters. The number of benzene rings is 1. The Hall–Kier alpha value is -1.44. The van der Waals surface area contributed by atoms with Crippen LogP contribution in [0.3, 0.4) is 0 Å². The van der Waals surface area contributed by atoms with Gasteiger partial charge in [0.15, 0.2) is 9.34 Å². The lowest BCUT2D eigenvalue weighted by Crippen LogP contribution is -2.26. The fraction of sp³-hybridized carbons (Fsp3) is 0.308. The number of aromatic nitrogens is 1. The molecule has 20 heavy (non-hydrogen) atoms. The van der Waals surface area contributed by atoms with Gasteiger partial charge in [0, 0.05) is 13.6 Å². The monoisotopic (exact) mass is 311 g/mol. The van der Waals surface area contributed by atoms with Crippen molar-refractivity contribution in [1.82, 2.24) is 9.29 Å². The van der Waals surface area contributed by atoms with E-state index in [0.717, 1.165) is 22.5 Å². The lowest BCUT2D eigenvalue weighted by Gasteiger charge is -2.16. The van der Waals surface area contributed by atoms with Gasteiger partial charge in [-0.05, 0) is 19.4 Å². The molecule has 0 aliphatic carbocycles. The molecule has 1 aromatic heterocycles. The number of nitrogens with two attached hydrogens (primary N) is 1. The van der Waals surface area contributed by atoms with E-state index >= 15 is 0 Å². The van der Waals surface area contributed by atoms with Gasteiger partial charge in [0.1, 0.15) is 0 Å². The van der Waals surface area contributed by atoms with Gasteiger partial charge in [-0.2, -0.15) is 4.31 Å². The summed E-state index contributed by atoms with van der Waals surface area (Å²) in [5.74, 6) is 0. The van der Waals surface area contributed by atoms with Crippen LogP contribution >= 0.6 is 11.3 Å². The van der Waals surface area contributed by atoms with Gasteiger partial charge in [0.05, 0.1) is 5.69 Å². The van der Waals surface area contributed by atoms with Crippen LogP contribution in [0.15, 0.2) is 28.5 Å². The highest BCUT2D eigenvalue weighted by molar-refractivity contribution is 7.91. The minimum Gasteiger partial charge on any atom is -0.375 e. The molecule has 0 aliphatic heterocycles. The summed E-state index contributed by atoms with van der Waals surface area (Å²) >= 11 is 1.00. The number of hydrogen-bond acceptors (Lipinski definition) is 5. The van der Waals surface area contributed by atoms with E-state index in [1.807, 2.05) is 31.2 Å². The molecule has 2 N–H and O–H groups in total. The number of sulfonamides is 1. The van der Waals surface area contributed by atoms with Crippen LogP contribution in [0.2, 0.25) is 0 Å². The van der Waals surface area contributed by atoms with E-state index in [2.05, 4.69) is 4.98 Å². The molecule has 0 unspecified atom stereocenters. The molecule has 0 radical (unpaired) electrons. The first-order valence-electron chi connectivity index (χ1n) is 6.05. The number of nitrogens with zero attached hydrogens (tertiary/aromatic N) is 2. The molecule has 0 amide bonds. The molecule has 0 fully saturated rings. The van der Waals surface area contributed by atoms with Crippen LogP contribution in [0.25, 0.3) is 0 Å². The smallest absolute Gasteiger partial charge is 0.254 e. The van der Waals surface area contributed by atoms with E-state index < -0.39 is 10.0 Å². The van der Waals surface area contributed by atoms with Crippen molar-refractivity contribution in [3.63, 3.8) is 0 Å². The van der Waals surface area contributed by atoms with Crippen molar-refractivity contribution >= 4 is 26.5 Å². The summed E-state index contributed by atoms with van der Waals surface area (Å²) in [5.41, 5.74) is 8.07. The summed E-state index contributed by atoms with van der Waals surface area (Å²) in [6.07, 6.45) is 0. The standard InChI is InChI=1S/C13H17N3O2S2/c1-9-5-4-6-11(7-9)8-16(3)20(17,18)12-10(2)15-13(14)19-12/h4-7H,8H2,1-3H3,(H2,14,15). The van der Waals surface area contributed by atoms with Gasteiger partial charge in [0.25, 0.3) is 10.0 Å². The van der Waals surface area contributed by atoms with E-state index in [1.165, 1.54) is 4.31 Å². The summed E-state index contributed by atoms with van der Waals surface area (Å²) in [5, 5.41) is 0.269. The minimum atomic E-state index is -3.55. The molecule has 0 saturated carbocycles. The lowest BCUT2D eigenvalue weighted by molar-refractivity contribution is 0.468. The van der Waals surface area contributed by atoms with Gasteiger partial charge in [-0.25, -0.2) is 13.4 Å². The van der Waals surface area contributed by atoms with Crippen molar-refractivity contribution < 1.29 is 8.42 Å². The first kappa shape index (κ1) is 15.0. The van der Waals surface area contributed by atoms with Crippen LogP contribution in [0.1, 0.15) is 16.8 Å². The topological polar surface area (TPSA) is 76.3 Å². The molecule has 0 saturated heterocycles. The van der Waals surface area contributed by atoms with Crippen molar-refractivity contribution in [2.45, 2.75) is 24.6 Å². The number of rotatable bonds is 4. The third kappa shape index (κ3) is 3.00. The summed E-state index contributed by atoms with van der Waals surface area (Å²) < 4.78 is 26.5. The fourth-order valence-corrected chi connectivity index (χ4v) is 4.58. The highest BCUT2D eigenvalue weighted by atomic mass is 32.2. The molecule has 2 rings (SSSR count). The van der Waals surface area contributed by atoms with Crippen molar-refractivity contribution in [3.8, 4) is 0 Å². The van der Waals surface area contributed by atoms with Gasteiger partial charge >= 0.3 is 0 Å². The molecule has 5 nitrogen and oxygen atoms in total. The third-order valence-electron chi connectivity index (χ3n) is 2.90. The fourth-order valence-electron chi connectivity index (χ4n) is 1.94. The Kier molecular flexibility index (Phi) is 4.12. The average molecular weight is 311 g/mol. The number of hydrogen-bond donors (Lipinski definition) is 1. The van der Waals surface area contributed by atoms with Crippen LogP contribution < -0.4 is 5.73 Å². The van der Waals surface area contributed by atoms with Gasteiger partial charge < -0.3 is 5.73 Å². The minimum absolute atomic E-state index is 0.213. The molecular weight excluding hydrogens is 294 g/mol. The Morgan fingerprint density at radius 1 is 1.35 bits per heavy atom. The van der Waals surface area contributed by atoms with Crippen molar-refractivity contribution in [2.24, 2.45) is 0 Å². The van der Waals surface area contributed by atoms with Gasteiger partial charge in [0.2, 0.25) is 0 Å². The summed E-state index contributed by atoms with van der Waals surface area (Å²) in [6.45, 7) is 3.95.